The molecule has 25 heavy (non-hydrogen) atoms. The Labute approximate surface area is 154 Å². The lowest BCUT2D eigenvalue weighted by atomic mass is 10.0. The number of piperidine rings is 1. The van der Waals surface area contributed by atoms with Crippen LogP contribution in [0.25, 0.3) is 5.69 Å². The number of benzene rings is 1. The molecule has 3 rings (SSSR count). The number of aromatic nitrogens is 2. The normalized spacial score (nSPS) is 15.8. The Morgan fingerprint density at radius 2 is 1.88 bits per heavy atom. The van der Waals surface area contributed by atoms with Gasteiger partial charge in [0.05, 0.1) is 23.1 Å². The van der Waals surface area contributed by atoms with E-state index in [-0.39, 0.29) is 11.8 Å². The maximum Gasteiger partial charge on any atom is 0.257 e. The van der Waals surface area contributed by atoms with Gasteiger partial charge in [-0.05, 0) is 50.1 Å². The first-order valence-corrected chi connectivity index (χ1v) is 9.19. The second-order valence-corrected chi connectivity index (χ2v) is 7.28. The predicted molar refractivity (Wildman–Crippen MR) is 101 cm³/mol. The Morgan fingerprint density at radius 3 is 2.44 bits per heavy atom. The van der Waals surface area contributed by atoms with E-state index in [1.807, 2.05) is 40.9 Å². The molecule has 1 aromatic heterocycles. The number of halogens is 1. The van der Waals surface area contributed by atoms with Crippen molar-refractivity contribution in [3.63, 3.8) is 0 Å². The Hall–Kier alpha value is -1.85. The summed E-state index contributed by atoms with van der Waals surface area (Å²) in [6.07, 6.45) is 3.69. The van der Waals surface area contributed by atoms with Crippen LogP contribution in [0.5, 0.6) is 0 Å². The van der Waals surface area contributed by atoms with Gasteiger partial charge in [-0.2, -0.15) is 5.10 Å². The van der Waals surface area contributed by atoms with Gasteiger partial charge in [-0.15, -0.1) is 0 Å². The van der Waals surface area contributed by atoms with Crippen molar-refractivity contribution in [2.24, 2.45) is 0 Å². The van der Waals surface area contributed by atoms with Gasteiger partial charge in [0.2, 0.25) is 0 Å². The lowest BCUT2D eigenvalue weighted by Gasteiger charge is -2.32. The smallest absolute Gasteiger partial charge is 0.257 e. The van der Waals surface area contributed by atoms with Crippen LogP contribution >= 0.6 is 11.6 Å². The van der Waals surface area contributed by atoms with E-state index in [1.165, 1.54) is 0 Å². The zero-order valence-electron chi connectivity index (χ0n) is 15.0. The maximum absolute atomic E-state index is 13.0. The molecule has 0 bridgehead atoms. The molecule has 134 valence electrons. The molecule has 1 N–H and O–H groups in total. The van der Waals surface area contributed by atoms with Crippen molar-refractivity contribution < 1.29 is 4.79 Å². The van der Waals surface area contributed by atoms with Gasteiger partial charge in [-0.1, -0.05) is 25.4 Å². The molecular weight excluding hydrogens is 336 g/mol. The highest BCUT2D eigenvalue weighted by molar-refractivity contribution is 6.30. The number of likely N-dealkylation sites (tertiary alicyclic amines) is 1. The van der Waals surface area contributed by atoms with Crippen molar-refractivity contribution in [1.29, 1.82) is 0 Å². The molecule has 2 aromatic rings. The summed E-state index contributed by atoms with van der Waals surface area (Å²) in [6, 6.07) is 8.03. The maximum atomic E-state index is 13.0. The quantitative estimate of drug-likeness (QED) is 0.908. The van der Waals surface area contributed by atoms with Crippen molar-refractivity contribution in [3.05, 3.63) is 46.7 Å². The van der Waals surface area contributed by atoms with Crippen molar-refractivity contribution in [1.82, 2.24) is 20.0 Å². The topological polar surface area (TPSA) is 50.2 Å². The molecule has 0 radical (unpaired) electrons. The molecule has 6 heteroatoms. The van der Waals surface area contributed by atoms with E-state index in [0.717, 1.165) is 37.3 Å². The van der Waals surface area contributed by atoms with Gasteiger partial charge in [-0.3, -0.25) is 4.79 Å². The summed E-state index contributed by atoms with van der Waals surface area (Å²) in [4.78, 5) is 15.0. The fraction of sp³-hybridized carbons (Fsp3) is 0.474. The first kappa shape index (κ1) is 18.0. The van der Waals surface area contributed by atoms with Crippen LogP contribution in [-0.2, 0) is 0 Å². The lowest BCUT2D eigenvalue weighted by molar-refractivity contribution is 0.0705. The Morgan fingerprint density at radius 1 is 1.24 bits per heavy atom. The molecule has 1 aliphatic heterocycles. The predicted octanol–water partition coefficient (Wildman–Crippen LogP) is 3.47. The van der Waals surface area contributed by atoms with Crippen LogP contribution in [0.2, 0.25) is 5.02 Å². The van der Waals surface area contributed by atoms with Crippen LogP contribution < -0.4 is 5.32 Å². The second-order valence-electron chi connectivity index (χ2n) is 6.84. The number of rotatable bonds is 4. The third-order valence-electron chi connectivity index (χ3n) is 4.85. The molecule has 0 spiro atoms. The van der Waals surface area contributed by atoms with Gasteiger partial charge in [0.15, 0.2) is 0 Å². The van der Waals surface area contributed by atoms with E-state index in [1.54, 1.807) is 6.20 Å². The van der Waals surface area contributed by atoms with E-state index >= 15 is 0 Å². The largest absolute Gasteiger partial charge is 0.338 e. The molecule has 1 aromatic carbocycles. The first-order chi connectivity index (χ1) is 12.0. The number of nitrogens with zero attached hydrogens (tertiary/aromatic N) is 3. The third-order valence-corrected chi connectivity index (χ3v) is 5.10. The minimum absolute atomic E-state index is 0.0819. The van der Waals surface area contributed by atoms with Crippen molar-refractivity contribution in [3.8, 4) is 5.69 Å². The van der Waals surface area contributed by atoms with Crippen LogP contribution in [0.1, 0.15) is 48.7 Å². The van der Waals surface area contributed by atoms with Crippen molar-refractivity contribution in [2.75, 3.05) is 20.1 Å². The van der Waals surface area contributed by atoms with Crippen LogP contribution in [-0.4, -0.2) is 46.8 Å². The highest BCUT2D eigenvalue weighted by Gasteiger charge is 2.27. The van der Waals surface area contributed by atoms with Gasteiger partial charge < -0.3 is 10.2 Å². The molecular formula is C19H25ClN4O. The first-order valence-electron chi connectivity index (χ1n) is 8.81. The van der Waals surface area contributed by atoms with E-state index in [9.17, 15) is 4.79 Å². The van der Waals surface area contributed by atoms with Crippen LogP contribution in [0.3, 0.4) is 0 Å². The van der Waals surface area contributed by atoms with Gasteiger partial charge in [0.25, 0.3) is 5.91 Å². The number of carbonyl (C=O) groups excluding carboxylic acids is 1. The Bertz CT molecular complexity index is 730. The van der Waals surface area contributed by atoms with Crippen LogP contribution in [0.15, 0.2) is 30.5 Å². The number of hydrogen-bond acceptors (Lipinski definition) is 3. The summed E-state index contributed by atoms with van der Waals surface area (Å²) in [7, 11) is 1.98. The summed E-state index contributed by atoms with van der Waals surface area (Å²) < 4.78 is 1.86. The minimum Gasteiger partial charge on any atom is -0.338 e. The fourth-order valence-corrected chi connectivity index (χ4v) is 3.53. The SMILES string of the molecule is CNC1CCN(C(=O)c2cnn(-c3ccc(Cl)cc3)c2C(C)C)CC1. The standard InChI is InChI=1S/C19H25ClN4O/c1-13(2)18-17(19(25)23-10-8-15(21-3)9-11-23)12-22-24(18)16-6-4-14(20)5-7-16/h4-7,12-13,15,21H,8-11H2,1-3H3. The van der Waals surface area contributed by atoms with Crippen molar-refractivity contribution in [2.45, 2.75) is 38.6 Å². The number of amides is 1. The number of nitrogens with one attached hydrogen (secondary N) is 1. The fourth-order valence-electron chi connectivity index (χ4n) is 3.41. The number of hydrogen-bond donors (Lipinski definition) is 1. The number of carbonyl (C=O) groups is 1. The van der Waals surface area contributed by atoms with E-state index in [0.29, 0.717) is 16.6 Å². The highest BCUT2D eigenvalue weighted by Crippen LogP contribution is 2.26. The molecule has 2 heterocycles. The zero-order chi connectivity index (χ0) is 18.0. The van der Waals surface area contributed by atoms with Gasteiger partial charge in [0.1, 0.15) is 0 Å². The molecule has 0 unspecified atom stereocenters. The van der Waals surface area contributed by atoms with E-state index in [2.05, 4.69) is 24.3 Å². The summed E-state index contributed by atoms with van der Waals surface area (Å²) in [5.41, 5.74) is 2.57. The summed E-state index contributed by atoms with van der Waals surface area (Å²) in [5.74, 6) is 0.269. The van der Waals surface area contributed by atoms with E-state index < -0.39 is 0 Å². The Balaban J connectivity index is 1.89. The summed E-state index contributed by atoms with van der Waals surface area (Å²) >= 11 is 5.99. The second kappa shape index (κ2) is 7.58. The average Bonchev–Trinajstić information content (AvgIpc) is 3.07. The van der Waals surface area contributed by atoms with E-state index in [4.69, 9.17) is 11.6 Å². The van der Waals surface area contributed by atoms with Gasteiger partial charge >= 0.3 is 0 Å². The molecule has 5 nitrogen and oxygen atoms in total. The van der Waals surface area contributed by atoms with Crippen LogP contribution in [0.4, 0.5) is 0 Å². The molecule has 1 saturated heterocycles. The molecule has 1 fully saturated rings. The molecule has 1 aliphatic rings. The average molecular weight is 361 g/mol. The minimum atomic E-state index is 0.0819. The summed E-state index contributed by atoms with van der Waals surface area (Å²) in [5, 5.41) is 8.48. The summed E-state index contributed by atoms with van der Waals surface area (Å²) in [6.45, 7) is 5.75. The molecule has 0 atom stereocenters. The Kier molecular flexibility index (Phi) is 5.45. The monoisotopic (exact) mass is 360 g/mol. The molecule has 0 saturated carbocycles. The third kappa shape index (κ3) is 3.72. The molecule has 1 amide bonds. The molecule has 0 aliphatic carbocycles. The van der Waals surface area contributed by atoms with Gasteiger partial charge in [-0.25, -0.2) is 4.68 Å². The van der Waals surface area contributed by atoms with Gasteiger partial charge in [0, 0.05) is 24.2 Å². The van der Waals surface area contributed by atoms with Crippen LogP contribution in [0, 0.1) is 0 Å². The lowest BCUT2D eigenvalue weighted by Crippen LogP contribution is -2.44. The highest BCUT2D eigenvalue weighted by atomic mass is 35.5. The zero-order valence-corrected chi connectivity index (χ0v) is 15.8. The van der Waals surface area contributed by atoms with Crippen molar-refractivity contribution >= 4 is 17.5 Å².